The van der Waals surface area contributed by atoms with E-state index in [0.717, 1.165) is 16.0 Å². The van der Waals surface area contributed by atoms with Crippen molar-refractivity contribution in [3.05, 3.63) is 65.9 Å². The Balaban J connectivity index is 2.09. The maximum absolute atomic E-state index is 9.96. The Bertz CT molecular complexity index is 288. The number of hydrogen-bond acceptors (Lipinski definition) is 1. The normalized spacial score (nSPS) is 19.9. The minimum Gasteiger partial charge on any atom is -0.388 e. The van der Waals surface area contributed by atoms with E-state index in [-0.39, 0.29) is 0 Å². The molecule has 0 aliphatic heterocycles. The second kappa shape index (κ2) is 4.45. The van der Waals surface area contributed by atoms with Crippen molar-refractivity contribution < 1.29 is 5.11 Å². The largest absolute Gasteiger partial charge is 0.388 e. The number of halogens is 1. The zero-order chi connectivity index (χ0) is 9.97. The molecule has 14 heavy (non-hydrogen) atoms. The third kappa shape index (κ3) is 2.18. The SMILES string of the molecule is O[C@H]([C]1[CH][CH][CH][CH]1)c1ccc(Br)cc1. The molecule has 5 radical (unpaired) electrons. The van der Waals surface area contributed by atoms with Crippen LogP contribution in [-0.4, -0.2) is 5.11 Å². The van der Waals surface area contributed by atoms with Crippen molar-refractivity contribution in [3.8, 4) is 0 Å². The smallest absolute Gasteiger partial charge is 0.0858 e. The van der Waals surface area contributed by atoms with Gasteiger partial charge in [-0.2, -0.15) is 0 Å². The lowest BCUT2D eigenvalue weighted by molar-refractivity contribution is 0.200. The standard InChI is InChI=1S/C12H10BrO/c13-11-7-5-10(6-8-11)12(14)9-3-1-2-4-9/h1-8,12,14H/t12-/m1/s1. The Hall–Kier alpha value is -0.340. The quantitative estimate of drug-likeness (QED) is 0.855. The molecule has 1 aliphatic rings. The van der Waals surface area contributed by atoms with Crippen LogP contribution in [0.5, 0.6) is 0 Å². The van der Waals surface area contributed by atoms with Crippen molar-refractivity contribution in [2.24, 2.45) is 0 Å². The fourth-order valence-corrected chi connectivity index (χ4v) is 1.67. The van der Waals surface area contributed by atoms with E-state index in [9.17, 15) is 5.11 Å². The van der Waals surface area contributed by atoms with Gasteiger partial charge in [-0.05, 0) is 43.4 Å². The number of hydrogen-bond donors (Lipinski definition) is 1. The molecule has 1 aromatic carbocycles. The second-order valence-electron chi connectivity index (χ2n) is 3.17. The molecule has 0 bridgehead atoms. The highest BCUT2D eigenvalue weighted by molar-refractivity contribution is 9.10. The van der Waals surface area contributed by atoms with Gasteiger partial charge in [0.05, 0.1) is 6.10 Å². The summed E-state index contributed by atoms with van der Waals surface area (Å²) in [6, 6.07) is 7.70. The van der Waals surface area contributed by atoms with Gasteiger partial charge in [-0.1, -0.05) is 28.1 Å². The first-order valence-electron chi connectivity index (χ1n) is 4.42. The first-order valence-corrected chi connectivity index (χ1v) is 5.22. The molecule has 0 amide bonds. The summed E-state index contributed by atoms with van der Waals surface area (Å²) in [6.07, 6.45) is 7.19. The zero-order valence-corrected chi connectivity index (χ0v) is 9.11. The highest BCUT2D eigenvalue weighted by Crippen LogP contribution is 2.35. The minimum absolute atomic E-state index is 0.516. The fraction of sp³-hybridized carbons (Fsp3) is 0.0833. The summed E-state index contributed by atoms with van der Waals surface area (Å²) >= 11 is 3.36. The predicted octanol–water partition coefficient (Wildman–Crippen LogP) is 2.89. The summed E-state index contributed by atoms with van der Waals surface area (Å²) in [7, 11) is 0. The van der Waals surface area contributed by atoms with Gasteiger partial charge in [0, 0.05) is 10.4 Å². The van der Waals surface area contributed by atoms with E-state index in [1.165, 1.54) is 0 Å². The Morgan fingerprint density at radius 1 is 1.00 bits per heavy atom. The molecule has 0 heterocycles. The Labute approximate surface area is 93.3 Å². The lowest BCUT2D eigenvalue weighted by Crippen LogP contribution is -2.07. The fourth-order valence-electron chi connectivity index (χ4n) is 1.41. The summed E-state index contributed by atoms with van der Waals surface area (Å²) in [6.45, 7) is 0. The average molecular weight is 250 g/mol. The minimum atomic E-state index is -0.516. The van der Waals surface area contributed by atoms with E-state index in [1.807, 2.05) is 49.9 Å². The summed E-state index contributed by atoms with van der Waals surface area (Å²) in [5.41, 5.74) is 0.916. The highest BCUT2D eigenvalue weighted by Gasteiger charge is 2.25. The molecule has 1 atom stereocenters. The lowest BCUT2D eigenvalue weighted by Gasteiger charge is -2.16. The molecular weight excluding hydrogens is 240 g/mol. The summed E-state index contributed by atoms with van der Waals surface area (Å²) in [4.78, 5) is 0. The van der Waals surface area contributed by atoms with Crippen molar-refractivity contribution in [2.75, 3.05) is 0 Å². The van der Waals surface area contributed by atoms with Gasteiger partial charge in [0.15, 0.2) is 0 Å². The van der Waals surface area contributed by atoms with Crippen LogP contribution in [0.4, 0.5) is 0 Å². The van der Waals surface area contributed by atoms with Crippen molar-refractivity contribution in [2.45, 2.75) is 6.10 Å². The molecule has 2 rings (SSSR count). The van der Waals surface area contributed by atoms with Crippen LogP contribution in [0.15, 0.2) is 28.7 Å². The monoisotopic (exact) mass is 249 g/mol. The number of aliphatic hydroxyl groups is 1. The Morgan fingerprint density at radius 2 is 1.57 bits per heavy atom. The van der Waals surface area contributed by atoms with E-state index in [2.05, 4.69) is 15.9 Å². The Morgan fingerprint density at radius 3 is 2.14 bits per heavy atom. The van der Waals surface area contributed by atoms with E-state index in [4.69, 9.17) is 0 Å². The first kappa shape index (κ1) is 10.2. The topological polar surface area (TPSA) is 20.2 Å². The molecule has 0 unspecified atom stereocenters. The number of rotatable bonds is 2. The summed E-state index contributed by atoms with van der Waals surface area (Å²) in [5, 5.41) is 9.96. The second-order valence-corrected chi connectivity index (χ2v) is 4.09. The lowest BCUT2D eigenvalue weighted by atomic mass is 9.95. The van der Waals surface area contributed by atoms with Crippen LogP contribution in [-0.2, 0) is 0 Å². The van der Waals surface area contributed by atoms with Gasteiger partial charge in [0.1, 0.15) is 0 Å². The van der Waals surface area contributed by atoms with Crippen molar-refractivity contribution >= 4 is 15.9 Å². The molecule has 1 saturated carbocycles. The average Bonchev–Trinajstić information content (AvgIpc) is 2.71. The third-order valence-corrected chi connectivity index (χ3v) is 2.72. The predicted molar refractivity (Wildman–Crippen MR) is 59.5 cm³/mol. The zero-order valence-electron chi connectivity index (χ0n) is 7.52. The third-order valence-electron chi connectivity index (χ3n) is 2.19. The van der Waals surface area contributed by atoms with Crippen LogP contribution in [0.1, 0.15) is 11.7 Å². The van der Waals surface area contributed by atoms with Crippen molar-refractivity contribution in [3.63, 3.8) is 0 Å². The van der Waals surface area contributed by atoms with Crippen LogP contribution in [0, 0.1) is 31.6 Å². The van der Waals surface area contributed by atoms with Gasteiger partial charge in [0.25, 0.3) is 0 Å². The van der Waals surface area contributed by atoms with Gasteiger partial charge in [0.2, 0.25) is 0 Å². The molecule has 71 valence electrons. The van der Waals surface area contributed by atoms with Crippen molar-refractivity contribution in [1.82, 2.24) is 0 Å². The first-order chi connectivity index (χ1) is 6.77. The molecule has 0 saturated heterocycles. The van der Waals surface area contributed by atoms with Gasteiger partial charge in [-0.3, -0.25) is 0 Å². The van der Waals surface area contributed by atoms with E-state index >= 15 is 0 Å². The Kier molecular flexibility index (Phi) is 3.24. The molecule has 0 aromatic heterocycles. The number of aliphatic hydroxyl groups excluding tert-OH is 1. The van der Waals surface area contributed by atoms with Crippen molar-refractivity contribution in [1.29, 1.82) is 0 Å². The van der Waals surface area contributed by atoms with Crippen LogP contribution < -0.4 is 0 Å². The molecule has 1 fully saturated rings. The van der Waals surface area contributed by atoms with E-state index < -0.39 is 6.10 Å². The van der Waals surface area contributed by atoms with Gasteiger partial charge in [-0.25, -0.2) is 0 Å². The molecule has 1 aliphatic carbocycles. The molecule has 0 spiro atoms. The van der Waals surface area contributed by atoms with E-state index in [1.54, 1.807) is 0 Å². The van der Waals surface area contributed by atoms with Gasteiger partial charge in [-0.15, -0.1) is 0 Å². The van der Waals surface area contributed by atoms with Gasteiger partial charge < -0.3 is 5.11 Å². The molecule has 1 N–H and O–H groups in total. The van der Waals surface area contributed by atoms with Gasteiger partial charge >= 0.3 is 0 Å². The molecule has 2 heteroatoms. The highest BCUT2D eigenvalue weighted by atomic mass is 79.9. The van der Waals surface area contributed by atoms with Crippen LogP contribution >= 0.6 is 15.9 Å². The summed E-state index contributed by atoms with van der Waals surface area (Å²) < 4.78 is 1.02. The van der Waals surface area contributed by atoms with Crippen LogP contribution in [0.2, 0.25) is 0 Å². The van der Waals surface area contributed by atoms with Crippen LogP contribution in [0.25, 0.3) is 0 Å². The molecule has 1 nitrogen and oxygen atoms in total. The van der Waals surface area contributed by atoms with E-state index in [0.29, 0.717) is 0 Å². The summed E-state index contributed by atoms with van der Waals surface area (Å²) in [5.74, 6) is 0.937. The maximum Gasteiger partial charge on any atom is 0.0858 e. The molecule has 1 aromatic rings. The molecular formula is C12H10BrO. The number of benzene rings is 1. The maximum atomic E-state index is 9.96. The van der Waals surface area contributed by atoms with Crippen LogP contribution in [0.3, 0.4) is 0 Å².